The lowest BCUT2D eigenvalue weighted by Gasteiger charge is -2.10. The maximum Gasteiger partial charge on any atom is 0.441 e. The van der Waals surface area contributed by atoms with Crippen LogP contribution in [-0.2, 0) is 9.59 Å². The van der Waals surface area contributed by atoms with Gasteiger partial charge in [0.25, 0.3) is 0 Å². The SMILES string of the molecule is NC(CC(=O)O)C(=O)NCCSC(F)(F)F. The summed E-state index contributed by atoms with van der Waals surface area (Å²) in [5.41, 5.74) is 0.825. The van der Waals surface area contributed by atoms with E-state index >= 15 is 0 Å². The Kier molecular flexibility index (Phi) is 6.19. The largest absolute Gasteiger partial charge is 0.481 e. The van der Waals surface area contributed by atoms with Gasteiger partial charge in [-0.2, -0.15) is 13.2 Å². The van der Waals surface area contributed by atoms with Gasteiger partial charge in [0, 0.05) is 12.3 Å². The number of nitrogens with one attached hydrogen (secondary N) is 1. The summed E-state index contributed by atoms with van der Waals surface area (Å²) in [7, 11) is 0. The smallest absolute Gasteiger partial charge is 0.441 e. The Labute approximate surface area is 93.6 Å². The highest BCUT2D eigenvalue weighted by atomic mass is 32.2. The molecule has 0 aromatic carbocycles. The number of thioether (sulfide) groups is 1. The zero-order chi connectivity index (χ0) is 12.8. The normalized spacial score (nSPS) is 13.2. The molecule has 0 saturated heterocycles. The molecule has 0 saturated carbocycles. The molecular formula is C7H11F3N2O3S. The van der Waals surface area contributed by atoms with E-state index in [4.69, 9.17) is 10.8 Å². The summed E-state index contributed by atoms with van der Waals surface area (Å²) in [5, 5.41) is 10.4. The zero-order valence-electron chi connectivity index (χ0n) is 8.08. The van der Waals surface area contributed by atoms with Crippen molar-refractivity contribution in [3.05, 3.63) is 0 Å². The van der Waals surface area contributed by atoms with Crippen LogP contribution in [0.3, 0.4) is 0 Å². The number of nitrogens with two attached hydrogens (primary N) is 1. The van der Waals surface area contributed by atoms with E-state index in [0.29, 0.717) is 0 Å². The van der Waals surface area contributed by atoms with Gasteiger partial charge in [0.15, 0.2) is 0 Å². The van der Waals surface area contributed by atoms with Crippen LogP contribution >= 0.6 is 11.8 Å². The fourth-order valence-corrected chi connectivity index (χ4v) is 1.19. The van der Waals surface area contributed by atoms with Crippen LogP contribution in [0.5, 0.6) is 0 Å². The Morgan fingerprint density at radius 2 is 2.00 bits per heavy atom. The van der Waals surface area contributed by atoms with Crippen molar-refractivity contribution in [2.45, 2.75) is 18.0 Å². The highest BCUT2D eigenvalue weighted by Crippen LogP contribution is 2.29. The Bertz CT molecular complexity index is 260. The quantitative estimate of drug-likeness (QED) is 0.591. The maximum absolute atomic E-state index is 11.7. The molecule has 0 aliphatic rings. The Morgan fingerprint density at radius 1 is 1.44 bits per heavy atom. The third-order valence-corrected chi connectivity index (χ3v) is 2.13. The minimum atomic E-state index is -4.34. The molecule has 0 rings (SSSR count). The topological polar surface area (TPSA) is 92.4 Å². The highest BCUT2D eigenvalue weighted by Gasteiger charge is 2.27. The Balaban J connectivity index is 3.69. The van der Waals surface area contributed by atoms with Crippen LogP contribution in [0.1, 0.15) is 6.42 Å². The highest BCUT2D eigenvalue weighted by molar-refractivity contribution is 8.00. The monoisotopic (exact) mass is 260 g/mol. The molecular weight excluding hydrogens is 249 g/mol. The van der Waals surface area contributed by atoms with E-state index in [2.05, 4.69) is 5.32 Å². The first-order valence-corrected chi connectivity index (χ1v) is 5.16. The van der Waals surface area contributed by atoms with E-state index in [9.17, 15) is 22.8 Å². The average Bonchev–Trinajstić information content (AvgIpc) is 2.09. The second-order valence-corrected chi connectivity index (χ2v) is 3.95. The third-order valence-electron chi connectivity index (χ3n) is 1.40. The number of rotatable bonds is 6. The van der Waals surface area contributed by atoms with Crippen LogP contribution in [0.2, 0.25) is 0 Å². The molecule has 16 heavy (non-hydrogen) atoms. The first-order chi connectivity index (χ1) is 7.22. The maximum atomic E-state index is 11.7. The number of carbonyl (C=O) groups is 2. The third kappa shape index (κ3) is 8.36. The predicted molar refractivity (Wildman–Crippen MR) is 51.8 cm³/mol. The molecule has 0 bridgehead atoms. The second-order valence-electron chi connectivity index (χ2n) is 2.79. The van der Waals surface area contributed by atoms with Gasteiger partial charge in [-0.15, -0.1) is 0 Å². The lowest BCUT2D eigenvalue weighted by atomic mass is 10.2. The average molecular weight is 260 g/mol. The van der Waals surface area contributed by atoms with Crippen molar-refractivity contribution in [3.8, 4) is 0 Å². The number of aliphatic carboxylic acids is 1. The first kappa shape index (κ1) is 15.0. The van der Waals surface area contributed by atoms with Crippen molar-refractivity contribution in [1.82, 2.24) is 5.32 Å². The van der Waals surface area contributed by atoms with Gasteiger partial charge in [0.2, 0.25) is 5.91 Å². The number of amides is 1. The Morgan fingerprint density at radius 3 is 2.44 bits per heavy atom. The van der Waals surface area contributed by atoms with Gasteiger partial charge in [-0.25, -0.2) is 0 Å². The van der Waals surface area contributed by atoms with Crippen LogP contribution in [-0.4, -0.2) is 40.8 Å². The minimum absolute atomic E-state index is 0.212. The summed E-state index contributed by atoms with van der Waals surface area (Å²) in [6.45, 7) is -0.212. The number of hydrogen-bond donors (Lipinski definition) is 3. The molecule has 0 aliphatic heterocycles. The van der Waals surface area contributed by atoms with Crippen molar-refractivity contribution in [1.29, 1.82) is 0 Å². The van der Waals surface area contributed by atoms with Gasteiger partial charge in [-0.3, -0.25) is 9.59 Å². The number of carboxylic acids is 1. The van der Waals surface area contributed by atoms with E-state index in [1.807, 2.05) is 0 Å². The van der Waals surface area contributed by atoms with Crippen LogP contribution in [0.25, 0.3) is 0 Å². The van der Waals surface area contributed by atoms with Crippen molar-refractivity contribution >= 4 is 23.6 Å². The van der Waals surface area contributed by atoms with Crippen LogP contribution in [0.15, 0.2) is 0 Å². The molecule has 9 heteroatoms. The molecule has 0 aromatic heterocycles. The number of halogens is 3. The number of carbonyl (C=O) groups excluding carboxylic acids is 1. The van der Waals surface area contributed by atoms with Crippen molar-refractivity contribution in [2.75, 3.05) is 12.3 Å². The van der Waals surface area contributed by atoms with Gasteiger partial charge >= 0.3 is 11.5 Å². The summed E-state index contributed by atoms with van der Waals surface area (Å²) in [6, 6.07) is -1.24. The van der Waals surface area contributed by atoms with E-state index in [1.165, 1.54) is 0 Å². The van der Waals surface area contributed by atoms with Crippen molar-refractivity contribution < 1.29 is 27.9 Å². The summed E-state index contributed by atoms with van der Waals surface area (Å²) < 4.78 is 35.0. The van der Waals surface area contributed by atoms with Crippen molar-refractivity contribution in [3.63, 3.8) is 0 Å². The first-order valence-electron chi connectivity index (χ1n) is 4.18. The minimum Gasteiger partial charge on any atom is -0.481 e. The molecule has 94 valence electrons. The van der Waals surface area contributed by atoms with Gasteiger partial charge in [0.1, 0.15) is 0 Å². The lowest BCUT2D eigenvalue weighted by Crippen LogP contribution is -2.42. The number of hydrogen-bond acceptors (Lipinski definition) is 4. The van der Waals surface area contributed by atoms with E-state index < -0.39 is 29.8 Å². The fraction of sp³-hybridized carbons (Fsp3) is 0.714. The standard InChI is InChI=1S/C7H11F3N2O3S/c8-7(9,10)16-2-1-12-6(15)4(11)3-5(13)14/h4H,1-3,11H2,(H,12,15)(H,13,14). The molecule has 4 N–H and O–H groups in total. The molecule has 1 amide bonds. The van der Waals surface area contributed by atoms with Crippen LogP contribution in [0.4, 0.5) is 13.2 Å². The fourth-order valence-electron chi connectivity index (χ4n) is 0.753. The Hall–Kier alpha value is -0.960. The number of carboxylic acid groups (broad SMARTS) is 1. The van der Waals surface area contributed by atoms with Crippen LogP contribution < -0.4 is 11.1 Å². The van der Waals surface area contributed by atoms with Crippen LogP contribution in [0, 0.1) is 0 Å². The molecule has 0 heterocycles. The predicted octanol–water partition coefficient (Wildman–Crippen LogP) is 0.158. The summed E-state index contributed by atoms with van der Waals surface area (Å²) in [5.74, 6) is -2.35. The molecule has 0 spiro atoms. The van der Waals surface area contributed by atoms with Gasteiger partial charge in [-0.05, 0) is 11.8 Å². The molecule has 1 unspecified atom stereocenters. The van der Waals surface area contributed by atoms with Gasteiger partial charge in [-0.1, -0.05) is 0 Å². The van der Waals surface area contributed by atoms with E-state index in [-0.39, 0.29) is 24.1 Å². The van der Waals surface area contributed by atoms with E-state index in [1.54, 1.807) is 0 Å². The molecule has 1 atom stereocenters. The molecule has 0 aromatic rings. The number of alkyl halides is 3. The van der Waals surface area contributed by atoms with E-state index in [0.717, 1.165) is 0 Å². The molecule has 0 fully saturated rings. The summed E-state index contributed by atoms with van der Waals surface area (Å²) >= 11 is -0.271. The molecule has 5 nitrogen and oxygen atoms in total. The van der Waals surface area contributed by atoms with Gasteiger partial charge in [0.05, 0.1) is 12.5 Å². The molecule has 0 aliphatic carbocycles. The van der Waals surface area contributed by atoms with Crippen molar-refractivity contribution in [2.24, 2.45) is 5.73 Å². The lowest BCUT2D eigenvalue weighted by molar-refractivity contribution is -0.139. The zero-order valence-corrected chi connectivity index (χ0v) is 8.90. The van der Waals surface area contributed by atoms with Gasteiger partial charge < -0.3 is 16.2 Å². The summed E-state index contributed by atoms with van der Waals surface area (Å²) in [6.07, 6.45) is -0.557. The summed E-state index contributed by atoms with van der Waals surface area (Å²) in [4.78, 5) is 21.2. The second kappa shape index (κ2) is 6.59. The molecule has 0 radical (unpaired) electrons.